The second-order valence-corrected chi connectivity index (χ2v) is 5.19. The summed E-state index contributed by atoms with van der Waals surface area (Å²) < 4.78 is 13.2. The summed E-state index contributed by atoms with van der Waals surface area (Å²) in [5.74, 6) is -0.461. The molecule has 0 fully saturated rings. The van der Waals surface area contributed by atoms with Gasteiger partial charge in [0, 0.05) is 18.7 Å². The van der Waals surface area contributed by atoms with Gasteiger partial charge in [0.25, 0.3) is 0 Å². The van der Waals surface area contributed by atoms with Gasteiger partial charge in [-0.1, -0.05) is 36.4 Å². The Hall–Kier alpha value is -2.20. The van der Waals surface area contributed by atoms with Gasteiger partial charge in [0.2, 0.25) is 0 Å². The minimum absolute atomic E-state index is 0.0963. The van der Waals surface area contributed by atoms with Crippen molar-refractivity contribution in [3.8, 4) is 0 Å². The lowest BCUT2D eigenvalue weighted by Gasteiger charge is -2.18. The third-order valence-electron chi connectivity index (χ3n) is 3.43. The predicted octanol–water partition coefficient (Wildman–Crippen LogP) is 2.78. The van der Waals surface area contributed by atoms with E-state index in [4.69, 9.17) is 11.1 Å². The minimum atomic E-state index is -0.365. The number of nitrogens with one attached hydrogen (secondary N) is 1. The van der Waals surface area contributed by atoms with Crippen molar-refractivity contribution in [2.45, 2.75) is 13.0 Å². The summed E-state index contributed by atoms with van der Waals surface area (Å²) in [6, 6.07) is 14.7. The van der Waals surface area contributed by atoms with Crippen LogP contribution in [0.15, 0.2) is 48.5 Å². The van der Waals surface area contributed by atoms with E-state index in [1.807, 2.05) is 25.2 Å². The normalized spacial score (nSPS) is 10.8. The number of benzene rings is 2. The molecule has 0 saturated carbocycles. The summed E-state index contributed by atoms with van der Waals surface area (Å²) in [7, 11) is 2.01. The molecule has 2 rings (SSSR count). The van der Waals surface area contributed by atoms with Crippen molar-refractivity contribution in [1.82, 2.24) is 4.90 Å². The molecule has 0 aliphatic heterocycles. The lowest BCUT2D eigenvalue weighted by molar-refractivity contribution is 0.331. The molecule has 0 atom stereocenters. The summed E-state index contributed by atoms with van der Waals surface area (Å²) in [6.07, 6.45) is 0.952. The first-order valence-corrected chi connectivity index (χ1v) is 6.91. The SMILES string of the molecule is CN(CCc1ccccc1)Cc1ccc(F)cc1C(=N)N. The van der Waals surface area contributed by atoms with Crippen molar-refractivity contribution in [2.24, 2.45) is 5.73 Å². The average Bonchev–Trinajstić information content (AvgIpc) is 2.48. The van der Waals surface area contributed by atoms with Crippen molar-refractivity contribution in [3.05, 3.63) is 71.0 Å². The summed E-state index contributed by atoms with van der Waals surface area (Å²) in [5, 5.41) is 7.55. The van der Waals surface area contributed by atoms with Gasteiger partial charge >= 0.3 is 0 Å². The monoisotopic (exact) mass is 285 g/mol. The first-order chi connectivity index (χ1) is 10.1. The van der Waals surface area contributed by atoms with Crippen LogP contribution in [0.5, 0.6) is 0 Å². The Balaban J connectivity index is 1.99. The second kappa shape index (κ2) is 6.99. The van der Waals surface area contributed by atoms with Crippen LogP contribution in [0.2, 0.25) is 0 Å². The van der Waals surface area contributed by atoms with E-state index in [1.54, 1.807) is 6.07 Å². The van der Waals surface area contributed by atoms with Crippen LogP contribution in [0.4, 0.5) is 4.39 Å². The van der Waals surface area contributed by atoms with Crippen LogP contribution < -0.4 is 5.73 Å². The molecule has 2 aromatic rings. The van der Waals surface area contributed by atoms with Crippen LogP contribution in [0.3, 0.4) is 0 Å². The van der Waals surface area contributed by atoms with E-state index in [1.165, 1.54) is 17.7 Å². The minimum Gasteiger partial charge on any atom is -0.384 e. The maximum absolute atomic E-state index is 13.2. The molecule has 0 saturated heterocycles. The Morgan fingerprint density at radius 3 is 2.57 bits per heavy atom. The highest BCUT2D eigenvalue weighted by atomic mass is 19.1. The van der Waals surface area contributed by atoms with E-state index in [0.29, 0.717) is 12.1 Å². The van der Waals surface area contributed by atoms with E-state index in [9.17, 15) is 4.39 Å². The van der Waals surface area contributed by atoms with E-state index in [0.717, 1.165) is 18.5 Å². The third kappa shape index (κ3) is 4.39. The van der Waals surface area contributed by atoms with Gasteiger partial charge in [-0.2, -0.15) is 0 Å². The average molecular weight is 285 g/mol. The van der Waals surface area contributed by atoms with Crippen molar-refractivity contribution >= 4 is 5.84 Å². The molecule has 0 spiro atoms. The molecular weight excluding hydrogens is 265 g/mol. The summed E-state index contributed by atoms with van der Waals surface area (Å²) in [6.45, 7) is 1.53. The Morgan fingerprint density at radius 1 is 1.19 bits per heavy atom. The first-order valence-electron chi connectivity index (χ1n) is 6.91. The first kappa shape index (κ1) is 15.2. The molecule has 110 valence electrons. The van der Waals surface area contributed by atoms with Crippen LogP contribution in [-0.4, -0.2) is 24.3 Å². The van der Waals surface area contributed by atoms with E-state index >= 15 is 0 Å². The number of nitrogen functional groups attached to an aromatic ring is 1. The lowest BCUT2D eigenvalue weighted by atomic mass is 10.1. The number of hydrogen-bond donors (Lipinski definition) is 2. The van der Waals surface area contributed by atoms with Gasteiger partial charge in [-0.25, -0.2) is 4.39 Å². The summed E-state index contributed by atoms with van der Waals surface area (Å²) in [5.41, 5.74) is 8.16. The molecule has 2 aromatic carbocycles. The van der Waals surface area contributed by atoms with Crippen molar-refractivity contribution in [2.75, 3.05) is 13.6 Å². The fraction of sp³-hybridized carbons (Fsp3) is 0.235. The number of halogens is 1. The molecule has 0 aliphatic carbocycles. The number of hydrogen-bond acceptors (Lipinski definition) is 2. The molecule has 3 N–H and O–H groups in total. The number of amidine groups is 1. The summed E-state index contributed by atoms with van der Waals surface area (Å²) >= 11 is 0. The molecule has 3 nitrogen and oxygen atoms in total. The highest BCUT2D eigenvalue weighted by Crippen LogP contribution is 2.13. The molecule has 0 unspecified atom stereocenters. The number of rotatable bonds is 6. The molecule has 21 heavy (non-hydrogen) atoms. The molecule has 0 heterocycles. The van der Waals surface area contributed by atoms with Gasteiger partial charge in [0.1, 0.15) is 11.7 Å². The van der Waals surface area contributed by atoms with E-state index < -0.39 is 0 Å². The smallest absolute Gasteiger partial charge is 0.123 e. The predicted molar refractivity (Wildman–Crippen MR) is 83.9 cm³/mol. The van der Waals surface area contributed by atoms with Gasteiger partial charge in [-0.05, 0) is 36.7 Å². The number of nitrogens with two attached hydrogens (primary N) is 1. The highest BCUT2D eigenvalue weighted by Gasteiger charge is 2.09. The molecule has 0 amide bonds. The largest absolute Gasteiger partial charge is 0.384 e. The molecule has 0 aliphatic rings. The number of nitrogens with zero attached hydrogens (tertiary/aromatic N) is 1. The van der Waals surface area contributed by atoms with E-state index in [-0.39, 0.29) is 11.7 Å². The van der Waals surface area contributed by atoms with Gasteiger partial charge < -0.3 is 10.6 Å². The molecule has 0 aromatic heterocycles. The Bertz CT molecular complexity index is 611. The topological polar surface area (TPSA) is 53.1 Å². The quantitative estimate of drug-likeness (QED) is 0.633. The van der Waals surface area contributed by atoms with Crippen LogP contribution in [0.25, 0.3) is 0 Å². The van der Waals surface area contributed by atoms with Crippen LogP contribution >= 0.6 is 0 Å². The van der Waals surface area contributed by atoms with Gasteiger partial charge in [-0.15, -0.1) is 0 Å². The van der Waals surface area contributed by atoms with Gasteiger partial charge in [0.05, 0.1) is 0 Å². The van der Waals surface area contributed by atoms with Crippen molar-refractivity contribution in [3.63, 3.8) is 0 Å². The standard InChI is InChI=1S/C17H20FN3/c1-21(10-9-13-5-3-2-4-6-13)12-14-7-8-15(18)11-16(14)17(19)20/h2-8,11H,9-10,12H2,1H3,(H3,19,20). The molecule has 0 bridgehead atoms. The highest BCUT2D eigenvalue weighted by molar-refractivity contribution is 5.96. The maximum atomic E-state index is 13.2. The fourth-order valence-corrected chi connectivity index (χ4v) is 2.27. The fourth-order valence-electron chi connectivity index (χ4n) is 2.27. The lowest BCUT2D eigenvalue weighted by Crippen LogP contribution is -2.23. The van der Waals surface area contributed by atoms with Crippen LogP contribution in [-0.2, 0) is 13.0 Å². The third-order valence-corrected chi connectivity index (χ3v) is 3.43. The van der Waals surface area contributed by atoms with Gasteiger partial charge in [-0.3, -0.25) is 5.41 Å². The Morgan fingerprint density at radius 2 is 1.90 bits per heavy atom. The zero-order valence-corrected chi connectivity index (χ0v) is 12.1. The zero-order valence-electron chi connectivity index (χ0n) is 12.1. The van der Waals surface area contributed by atoms with Crippen molar-refractivity contribution in [1.29, 1.82) is 5.41 Å². The Labute approximate surface area is 124 Å². The maximum Gasteiger partial charge on any atom is 0.123 e. The van der Waals surface area contributed by atoms with Gasteiger partial charge in [0.15, 0.2) is 0 Å². The molecular formula is C17H20FN3. The summed E-state index contributed by atoms with van der Waals surface area (Å²) in [4.78, 5) is 2.15. The Kier molecular flexibility index (Phi) is 5.06. The zero-order chi connectivity index (χ0) is 15.2. The number of likely N-dealkylation sites (N-methyl/N-ethyl adjacent to an activating group) is 1. The second-order valence-electron chi connectivity index (χ2n) is 5.19. The van der Waals surface area contributed by atoms with Crippen LogP contribution in [0, 0.1) is 11.2 Å². The van der Waals surface area contributed by atoms with Crippen LogP contribution in [0.1, 0.15) is 16.7 Å². The molecule has 4 heteroatoms. The van der Waals surface area contributed by atoms with E-state index in [2.05, 4.69) is 17.0 Å². The van der Waals surface area contributed by atoms with Crippen molar-refractivity contribution < 1.29 is 4.39 Å². The molecule has 0 radical (unpaired) electrons.